The number of H-pyrrole nitrogens is 2. The molecule has 20 heavy (non-hydrogen) atoms. The van der Waals surface area contributed by atoms with Gasteiger partial charge < -0.3 is 4.98 Å². The molecule has 2 N–H and O–H groups in total. The smallest absolute Gasteiger partial charge is 0.263 e. The number of aryl methyl sites for hydroxylation is 2. The van der Waals surface area contributed by atoms with Crippen molar-refractivity contribution in [3.63, 3.8) is 0 Å². The molecule has 0 bridgehead atoms. The molecule has 7 heteroatoms. The molecule has 3 heterocycles. The van der Waals surface area contributed by atoms with Crippen molar-refractivity contribution in [1.82, 2.24) is 19.7 Å². The van der Waals surface area contributed by atoms with E-state index < -0.39 is 0 Å². The number of nitrogens with zero attached hydrogens (tertiary/aromatic N) is 2. The quantitative estimate of drug-likeness (QED) is 0.731. The predicted octanol–water partition coefficient (Wildman–Crippen LogP) is 2.76. The Morgan fingerprint density at radius 1 is 1.50 bits per heavy atom. The second-order valence-corrected chi connectivity index (χ2v) is 6.21. The number of hydrogen-bond acceptors (Lipinski definition) is 4. The highest BCUT2D eigenvalue weighted by atomic mass is 32.1. The van der Waals surface area contributed by atoms with E-state index in [9.17, 15) is 4.79 Å². The van der Waals surface area contributed by atoms with Crippen molar-refractivity contribution in [3.05, 3.63) is 43.5 Å². The van der Waals surface area contributed by atoms with E-state index in [1.165, 1.54) is 4.88 Å². The lowest BCUT2D eigenvalue weighted by Crippen LogP contribution is -2.23. The molecule has 0 amide bonds. The molecule has 5 nitrogen and oxygen atoms in total. The van der Waals surface area contributed by atoms with Crippen LogP contribution in [0.3, 0.4) is 0 Å². The molecule has 0 aliphatic rings. The van der Waals surface area contributed by atoms with E-state index in [1.54, 1.807) is 22.1 Å². The van der Waals surface area contributed by atoms with Crippen molar-refractivity contribution in [2.24, 2.45) is 0 Å². The van der Waals surface area contributed by atoms with Crippen LogP contribution in [0.2, 0.25) is 0 Å². The molecule has 3 aromatic heterocycles. The Morgan fingerprint density at radius 2 is 2.30 bits per heavy atom. The van der Waals surface area contributed by atoms with Crippen LogP contribution in [0.4, 0.5) is 0 Å². The van der Waals surface area contributed by atoms with Crippen LogP contribution in [-0.2, 0) is 13.0 Å². The van der Waals surface area contributed by atoms with Gasteiger partial charge in [-0.3, -0.25) is 14.5 Å². The largest absolute Gasteiger partial charge is 0.323 e. The molecule has 3 aromatic rings. The van der Waals surface area contributed by atoms with E-state index in [0.29, 0.717) is 11.3 Å². The highest BCUT2D eigenvalue weighted by molar-refractivity contribution is 7.71. The van der Waals surface area contributed by atoms with E-state index >= 15 is 0 Å². The maximum absolute atomic E-state index is 12.7. The summed E-state index contributed by atoms with van der Waals surface area (Å²) in [6.45, 7) is 4.51. The van der Waals surface area contributed by atoms with Gasteiger partial charge in [-0.25, -0.2) is 0 Å². The molecule has 0 radical (unpaired) electrons. The first-order chi connectivity index (χ1) is 9.61. The van der Waals surface area contributed by atoms with E-state index in [0.717, 1.165) is 27.9 Å². The second-order valence-electron chi connectivity index (χ2n) is 4.60. The average Bonchev–Trinajstić information content (AvgIpc) is 3.01. The maximum Gasteiger partial charge on any atom is 0.263 e. The van der Waals surface area contributed by atoms with Crippen LogP contribution in [0.1, 0.15) is 23.1 Å². The van der Waals surface area contributed by atoms with Crippen molar-refractivity contribution < 1.29 is 0 Å². The van der Waals surface area contributed by atoms with Gasteiger partial charge in [-0.15, -0.1) is 11.3 Å². The summed E-state index contributed by atoms with van der Waals surface area (Å²) < 4.78 is 2.03. The summed E-state index contributed by atoms with van der Waals surface area (Å²) in [7, 11) is 0. The number of aromatic amines is 2. The SMILES string of the molecule is CCc1c(C)sc2[nH]c(=S)n(Cc3ccn[nH]3)c(=O)c12. The minimum Gasteiger partial charge on any atom is -0.323 e. The van der Waals surface area contributed by atoms with Gasteiger partial charge in [-0.2, -0.15) is 5.10 Å². The van der Waals surface area contributed by atoms with Crippen molar-refractivity contribution in [2.75, 3.05) is 0 Å². The lowest BCUT2D eigenvalue weighted by Gasteiger charge is -2.05. The van der Waals surface area contributed by atoms with Crippen LogP contribution >= 0.6 is 23.6 Å². The molecular formula is C13H14N4OS2. The highest BCUT2D eigenvalue weighted by Gasteiger charge is 2.14. The number of aromatic nitrogens is 4. The average molecular weight is 306 g/mol. The third kappa shape index (κ3) is 2.03. The Morgan fingerprint density at radius 3 is 2.95 bits per heavy atom. The summed E-state index contributed by atoms with van der Waals surface area (Å²) >= 11 is 6.90. The summed E-state index contributed by atoms with van der Waals surface area (Å²) in [6, 6.07) is 1.84. The highest BCUT2D eigenvalue weighted by Crippen LogP contribution is 2.27. The molecule has 104 valence electrons. The maximum atomic E-state index is 12.7. The molecule has 0 spiro atoms. The Kier molecular flexibility index (Phi) is 3.31. The number of hydrogen-bond donors (Lipinski definition) is 2. The monoisotopic (exact) mass is 306 g/mol. The Labute approximate surface area is 124 Å². The zero-order valence-corrected chi connectivity index (χ0v) is 12.8. The fraction of sp³-hybridized carbons (Fsp3) is 0.308. The van der Waals surface area contributed by atoms with Gasteiger partial charge in [0, 0.05) is 11.1 Å². The van der Waals surface area contributed by atoms with Crippen molar-refractivity contribution >= 4 is 33.8 Å². The van der Waals surface area contributed by atoms with Gasteiger partial charge in [0.25, 0.3) is 5.56 Å². The van der Waals surface area contributed by atoms with E-state index in [2.05, 4.69) is 22.1 Å². The summed E-state index contributed by atoms with van der Waals surface area (Å²) in [4.78, 5) is 17.9. The standard InChI is InChI=1S/C13H14N4OS2/c1-3-9-7(2)20-11-10(9)12(18)17(13(19)15-11)6-8-4-5-14-16-8/h4-5H,3,6H2,1-2H3,(H,14,16)(H,15,19). The molecule has 0 unspecified atom stereocenters. The Hall–Kier alpha value is -1.73. The number of fused-ring (bicyclic) bond motifs is 1. The molecule has 0 aliphatic carbocycles. The molecule has 0 aromatic carbocycles. The lowest BCUT2D eigenvalue weighted by molar-refractivity contribution is 0.714. The third-order valence-electron chi connectivity index (χ3n) is 3.37. The van der Waals surface area contributed by atoms with Crippen LogP contribution in [0, 0.1) is 11.7 Å². The Bertz CT molecular complexity index is 870. The summed E-state index contributed by atoms with van der Waals surface area (Å²) in [6.07, 6.45) is 2.51. The lowest BCUT2D eigenvalue weighted by atomic mass is 10.1. The van der Waals surface area contributed by atoms with Crippen molar-refractivity contribution in [1.29, 1.82) is 0 Å². The Balaban J connectivity index is 2.28. The minimum absolute atomic E-state index is 0.0282. The van der Waals surface area contributed by atoms with Crippen LogP contribution < -0.4 is 5.56 Å². The molecule has 0 aliphatic heterocycles. The number of thiophene rings is 1. The van der Waals surface area contributed by atoms with E-state index in [-0.39, 0.29) is 5.56 Å². The normalized spacial score (nSPS) is 11.3. The fourth-order valence-corrected chi connectivity index (χ4v) is 3.85. The predicted molar refractivity (Wildman–Crippen MR) is 83.1 cm³/mol. The van der Waals surface area contributed by atoms with Gasteiger partial charge in [0.1, 0.15) is 4.83 Å². The van der Waals surface area contributed by atoms with E-state index in [1.807, 2.05) is 13.0 Å². The topological polar surface area (TPSA) is 66.5 Å². The zero-order chi connectivity index (χ0) is 14.3. The first kappa shape index (κ1) is 13.3. The third-order valence-corrected chi connectivity index (χ3v) is 4.76. The summed E-state index contributed by atoms with van der Waals surface area (Å²) in [5.41, 5.74) is 1.94. The second kappa shape index (κ2) is 4.99. The van der Waals surface area contributed by atoms with Crippen LogP contribution in [0.15, 0.2) is 17.1 Å². The van der Waals surface area contributed by atoms with Crippen LogP contribution in [0.5, 0.6) is 0 Å². The summed E-state index contributed by atoms with van der Waals surface area (Å²) in [5.74, 6) is 0. The van der Waals surface area contributed by atoms with Crippen molar-refractivity contribution in [2.45, 2.75) is 26.8 Å². The van der Waals surface area contributed by atoms with Crippen LogP contribution in [0.25, 0.3) is 10.2 Å². The minimum atomic E-state index is -0.0282. The number of rotatable bonds is 3. The molecule has 0 fully saturated rings. The summed E-state index contributed by atoms with van der Waals surface area (Å²) in [5, 5.41) is 7.52. The molecular weight excluding hydrogens is 292 g/mol. The zero-order valence-electron chi connectivity index (χ0n) is 11.2. The first-order valence-electron chi connectivity index (χ1n) is 6.35. The molecule has 0 atom stereocenters. The van der Waals surface area contributed by atoms with Gasteiger partial charge in [0.2, 0.25) is 0 Å². The van der Waals surface area contributed by atoms with Gasteiger partial charge in [0.05, 0.1) is 17.6 Å². The van der Waals surface area contributed by atoms with Crippen LogP contribution in [-0.4, -0.2) is 19.7 Å². The van der Waals surface area contributed by atoms with Crippen molar-refractivity contribution in [3.8, 4) is 0 Å². The van der Waals surface area contributed by atoms with Gasteiger partial charge in [0.15, 0.2) is 4.77 Å². The fourth-order valence-electron chi connectivity index (χ4n) is 2.40. The number of nitrogens with one attached hydrogen (secondary N) is 2. The molecule has 0 saturated carbocycles. The van der Waals surface area contributed by atoms with Gasteiger partial charge in [-0.1, -0.05) is 6.92 Å². The van der Waals surface area contributed by atoms with E-state index in [4.69, 9.17) is 12.2 Å². The molecule has 0 saturated heterocycles. The molecule has 3 rings (SSSR count). The van der Waals surface area contributed by atoms with Gasteiger partial charge >= 0.3 is 0 Å². The van der Waals surface area contributed by atoms with Gasteiger partial charge in [-0.05, 0) is 37.2 Å². The first-order valence-corrected chi connectivity index (χ1v) is 7.57.